The molecule has 0 amide bonds. The van der Waals surface area contributed by atoms with Crippen LogP contribution in [0.4, 0.5) is 0 Å². The molecule has 0 aliphatic heterocycles. The normalized spacial score (nSPS) is 18.3. The molecule has 2 unspecified atom stereocenters. The molecule has 4 aromatic carbocycles. The van der Waals surface area contributed by atoms with Gasteiger partial charge in [0, 0.05) is 17.3 Å². The lowest BCUT2D eigenvalue weighted by Gasteiger charge is -2.45. The fraction of sp³-hybridized carbons (Fsp3) is 0.125. The summed E-state index contributed by atoms with van der Waals surface area (Å²) >= 11 is 0. The van der Waals surface area contributed by atoms with Crippen LogP contribution in [0.1, 0.15) is 39.7 Å². The molecule has 156 valence electrons. The Balaban J connectivity index is 1.95. The number of aryl methyl sites for hydroxylation is 1. The second-order valence-electron chi connectivity index (χ2n) is 8.66. The van der Waals surface area contributed by atoms with Crippen LogP contribution in [-0.4, -0.2) is 0 Å². The maximum absolute atomic E-state index is 4.38. The molecule has 0 bridgehead atoms. The molecule has 0 saturated carbocycles. The van der Waals surface area contributed by atoms with Gasteiger partial charge >= 0.3 is 0 Å². The number of benzene rings is 4. The van der Waals surface area contributed by atoms with E-state index in [0.29, 0.717) is 0 Å². The Morgan fingerprint density at radius 1 is 0.594 bits per heavy atom. The zero-order chi connectivity index (χ0) is 22.1. The van der Waals surface area contributed by atoms with Crippen LogP contribution in [0.25, 0.3) is 11.1 Å². The predicted molar refractivity (Wildman–Crippen MR) is 136 cm³/mol. The van der Waals surface area contributed by atoms with Crippen molar-refractivity contribution in [3.8, 4) is 11.1 Å². The standard InChI is InChI=1S/C32H28/c1-4-28(24-16-8-6-9-17-24)32(29(5-2)25-18-10-7-11-19-25)30-22-13-12-20-26(30)27-21-14-15-23(3)31(27)32/h4-22,28-29H,1-2H2,3H3. The molecular weight excluding hydrogens is 384 g/mol. The van der Waals surface area contributed by atoms with E-state index < -0.39 is 0 Å². The number of fused-ring (bicyclic) bond motifs is 3. The van der Waals surface area contributed by atoms with Crippen molar-refractivity contribution in [2.75, 3.05) is 0 Å². The van der Waals surface area contributed by atoms with Crippen molar-refractivity contribution < 1.29 is 0 Å². The van der Waals surface area contributed by atoms with E-state index in [2.05, 4.69) is 135 Å². The third-order valence-corrected chi connectivity index (χ3v) is 7.12. The average molecular weight is 413 g/mol. The maximum atomic E-state index is 4.38. The zero-order valence-electron chi connectivity index (χ0n) is 18.5. The van der Waals surface area contributed by atoms with E-state index in [0.717, 1.165) is 0 Å². The molecule has 0 heteroatoms. The first-order chi connectivity index (χ1) is 15.7. The van der Waals surface area contributed by atoms with Crippen molar-refractivity contribution in [2.24, 2.45) is 0 Å². The molecule has 1 aliphatic rings. The summed E-state index contributed by atoms with van der Waals surface area (Å²) in [6, 6.07) is 37.2. The highest BCUT2D eigenvalue weighted by molar-refractivity contribution is 5.84. The van der Waals surface area contributed by atoms with Gasteiger partial charge in [0.2, 0.25) is 0 Å². The fourth-order valence-electron chi connectivity index (χ4n) is 5.98. The molecule has 2 atom stereocenters. The van der Waals surface area contributed by atoms with Crippen molar-refractivity contribution in [1.29, 1.82) is 0 Å². The molecule has 4 aromatic rings. The second kappa shape index (κ2) is 8.13. The largest absolute Gasteiger partial charge is 0.102 e. The van der Waals surface area contributed by atoms with Crippen LogP contribution in [0, 0.1) is 6.92 Å². The first-order valence-electron chi connectivity index (χ1n) is 11.3. The van der Waals surface area contributed by atoms with E-state index in [1.807, 2.05) is 0 Å². The molecule has 0 fully saturated rings. The van der Waals surface area contributed by atoms with E-state index in [4.69, 9.17) is 0 Å². The highest BCUT2D eigenvalue weighted by atomic mass is 14.5. The van der Waals surface area contributed by atoms with Crippen molar-refractivity contribution in [1.82, 2.24) is 0 Å². The Bertz CT molecular complexity index is 1210. The minimum Gasteiger partial charge on any atom is -0.102 e. The SMILES string of the molecule is C=CC(c1ccccc1)C1(C(C=C)c2ccccc2)c2ccccc2-c2cccc(C)c21. The first kappa shape index (κ1) is 20.3. The van der Waals surface area contributed by atoms with Crippen LogP contribution < -0.4 is 0 Å². The lowest BCUT2D eigenvalue weighted by atomic mass is 9.57. The van der Waals surface area contributed by atoms with Gasteiger partial charge < -0.3 is 0 Å². The van der Waals surface area contributed by atoms with Gasteiger partial charge in [0.05, 0.1) is 0 Å². The molecule has 0 nitrogen and oxygen atoms in total. The van der Waals surface area contributed by atoms with Gasteiger partial charge in [-0.05, 0) is 45.9 Å². The minimum atomic E-state index is -0.344. The van der Waals surface area contributed by atoms with E-state index in [9.17, 15) is 0 Å². The minimum absolute atomic E-state index is 0.0791. The Morgan fingerprint density at radius 2 is 1.09 bits per heavy atom. The van der Waals surface area contributed by atoms with Crippen LogP contribution in [0.5, 0.6) is 0 Å². The van der Waals surface area contributed by atoms with E-state index >= 15 is 0 Å². The van der Waals surface area contributed by atoms with Gasteiger partial charge in [-0.1, -0.05) is 115 Å². The van der Waals surface area contributed by atoms with Gasteiger partial charge in [0.15, 0.2) is 0 Å². The van der Waals surface area contributed by atoms with Crippen molar-refractivity contribution in [3.05, 3.63) is 156 Å². The average Bonchev–Trinajstić information content (AvgIpc) is 3.14. The molecular formula is C32H28. The molecule has 5 rings (SSSR count). The summed E-state index contributed by atoms with van der Waals surface area (Å²) in [5.41, 5.74) is 8.90. The third kappa shape index (κ3) is 2.83. The summed E-state index contributed by atoms with van der Waals surface area (Å²) in [7, 11) is 0. The van der Waals surface area contributed by atoms with Gasteiger partial charge in [-0.3, -0.25) is 0 Å². The number of hydrogen-bond donors (Lipinski definition) is 0. The van der Waals surface area contributed by atoms with Gasteiger partial charge in [-0.2, -0.15) is 0 Å². The summed E-state index contributed by atoms with van der Waals surface area (Å²) in [5, 5.41) is 0. The highest BCUT2D eigenvalue weighted by Gasteiger charge is 2.53. The molecule has 0 N–H and O–H groups in total. The Kier molecular flexibility index (Phi) is 5.15. The van der Waals surface area contributed by atoms with Crippen LogP contribution in [-0.2, 0) is 5.41 Å². The molecule has 1 aliphatic carbocycles. The smallest absolute Gasteiger partial charge is 0.0423 e. The van der Waals surface area contributed by atoms with Crippen LogP contribution in [0.3, 0.4) is 0 Å². The predicted octanol–water partition coefficient (Wildman–Crippen LogP) is 8.20. The monoisotopic (exact) mass is 412 g/mol. The first-order valence-corrected chi connectivity index (χ1v) is 11.3. The highest BCUT2D eigenvalue weighted by Crippen LogP contribution is 2.62. The third-order valence-electron chi connectivity index (χ3n) is 7.12. The molecule has 0 saturated heterocycles. The quantitative estimate of drug-likeness (QED) is 0.280. The lowest BCUT2D eigenvalue weighted by molar-refractivity contribution is 0.426. The van der Waals surface area contributed by atoms with Crippen LogP contribution in [0.2, 0.25) is 0 Å². The fourth-order valence-corrected chi connectivity index (χ4v) is 5.98. The van der Waals surface area contributed by atoms with E-state index in [-0.39, 0.29) is 17.3 Å². The maximum Gasteiger partial charge on any atom is 0.0423 e. The van der Waals surface area contributed by atoms with Gasteiger partial charge in [-0.25, -0.2) is 0 Å². The van der Waals surface area contributed by atoms with Crippen molar-refractivity contribution >= 4 is 0 Å². The summed E-state index contributed by atoms with van der Waals surface area (Å²) < 4.78 is 0. The molecule has 0 spiro atoms. The summed E-state index contributed by atoms with van der Waals surface area (Å²) in [5.74, 6) is 0.158. The van der Waals surface area contributed by atoms with Gasteiger partial charge in [0.25, 0.3) is 0 Å². The Labute approximate surface area is 191 Å². The Hall–Kier alpha value is -3.64. The van der Waals surface area contributed by atoms with E-state index in [1.165, 1.54) is 38.9 Å². The molecule has 32 heavy (non-hydrogen) atoms. The number of allylic oxidation sites excluding steroid dienone is 2. The molecule has 0 aromatic heterocycles. The second-order valence-corrected chi connectivity index (χ2v) is 8.66. The summed E-state index contributed by atoms with van der Waals surface area (Å²) in [6.07, 6.45) is 4.29. The van der Waals surface area contributed by atoms with Crippen LogP contribution in [0.15, 0.2) is 128 Å². The van der Waals surface area contributed by atoms with Crippen molar-refractivity contribution in [3.63, 3.8) is 0 Å². The van der Waals surface area contributed by atoms with Crippen LogP contribution >= 0.6 is 0 Å². The molecule has 0 radical (unpaired) electrons. The summed E-state index contributed by atoms with van der Waals surface area (Å²) in [4.78, 5) is 0. The molecule has 0 heterocycles. The lowest BCUT2D eigenvalue weighted by Crippen LogP contribution is -2.39. The van der Waals surface area contributed by atoms with Gasteiger partial charge in [-0.15, -0.1) is 13.2 Å². The summed E-state index contributed by atoms with van der Waals surface area (Å²) in [6.45, 7) is 11.0. The topological polar surface area (TPSA) is 0 Å². The number of hydrogen-bond acceptors (Lipinski definition) is 0. The number of rotatable bonds is 6. The van der Waals surface area contributed by atoms with Gasteiger partial charge in [0.1, 0.15) is 0 Å². The van der Waals surface area contributed by atoms with Crippen molar-refractivity contribution in [2.45, 2.75) is 24.2 Å². The zero-order valence-corrected chi connectivity index (χ0v) is 18.5. The van der Waals surface area contributed by atoms with E-state index in [1.54, 1.807) is 0 Å². The Morgan fingerprint density at radius 3 is 1.66 bits per heavy atom.